The maximum Gasteiger partial charge on any atom is 0.316 e. The highest BCUT2D eigenvalue weighted by Crippen LogP contribution is 2.31. The molecule has 5 nitrogen and oxygen atoms in total. The van der Waals surface area contributed by atoms with E-state index in [1.165, 1.54) is 12.1 Å². The zero-order valence-corrected chi connectivity index (χ0v) is 13.5. The summed E-state index contributed by atoms with van der Waals surface area (Å²) in [5.74, 6) is 0.351. The highest BCUT2D eigenvalue weighted by Gasteiger charge is 2.15. The van der Waals surface area contributed by atoms with Crippen LogP contribution in [0.2, 0.25) is 0 Å². The number of phenols is 1. The summed E-state index contributed by atoms with van der Waals surface area (Å²) in [4.78, 5) is 0. The third-order valence-corrected chi connectivity index (χ3v) is 3.91. The number of hydrogen-bond donors (Lipinski definition) is 2. The van der Waals surface area contributed by atoms with Crippen molar-refractivity contribution in [3.8, 4) is 17.2 Å². The quantitative estimate of drug-likeness (QED) is 0.739. The second-order valence-corrected chi connectivity index (χ2v) is 5.49. The van der Waals surface area contributed by atoms with Crippen molar-refractivity contribution in [1.82, 2.24) is 10.2 Å². The smallest absolute Gasteiger partial charge is 0.316 e. The Morgan fingerprint density at radius 1 is 1.21 bits per heavy atom. The molecule has 0 aliphatic rings. The summed E-state index contributed by atoms with van der Waals surface area (Å²) in [7, 11) is 0. The molecule has 2 N–H and O–H groups in total. The predicted octanol–water partition coefficient (Wildman–Crippen LogP) is 4.06. The van der Waals surface area contributed by atoms with Crippen molar-refractivity contribution in [2.24, 2.45) is 0 Å². The molecule has 0 atom stereocenters. The molecule has 0 unspecified atom stereocenters. The van der Waals surface area contributed by atoms with Gasteiger partial charge in [-0.05, 0) is 54.3 Å². The van der Waals surface area contributed by atoms with Gasteiger partial charge < -0.3 is 14.8 Å². The zero-order valence-electron chi connectivity index (χ0n) is 13.5. The predicted molar refractivity (Wildman–Crippen MR) is 89.2 cm³/mol. The molecule has 0 amide bonds. The van der Waals surface area contributed by atoms with E-state index in [4.69, 9.17) is 4.42 Å². The van der Waals surface area contributed by atoms with Gasteiger partial charge in [-0.2, -0.15) is 0 Å². The summed E-state index contributed by atoms with van der Waals surface area (Å²) in [6, 6.07) is 9.96. The molecule has 1 aromatic heterocycles. The molecule has 0 saturated carbocycles. The average Bonchev–Trinajstić information content (AvgIpc) is 3.04. The molecule has 0 radical (unpaired) electrons. The van der Waals surface area contributed by atoms with Gasteiger partial charge in [0.15, 0.2) is 0 Å². The second kappa shape index (κ2) is 6.70. The lowest BCUT2D eigenvalue weighted by molar-refractivity contribution is 0.470. The van der Waals surface area contributed by atoms with Crippen LogP contribution in [0.1, 0.15) is 23.6 Å². The van der Waals surface area contributed by atoms with Crippen LogP contribution in [-0.2, 0) is 13.0 Å². The van der Waals surface area contributed by atoms with Gasteiger partial charge in [-0.1, -0.05) is 24.2 Å². The number of nitrogens with one attached hydrogen (secondary N) is 1. The summed E-state index contributed by atoms with van der Waals surface area (Å²) < 4.78 is 18.8. The molecule has 0 fully saturated rings. The first-order chi connectivity index (χ1) is 11.6. The molecule has 124 valence electrons. The number of benzene rings is 2. The van der Waals surface area contributed by atoms with Gasteiger partial charge in [0, 0.05) is 12.1 Å². The van der Waals surface area contributed by atoms with E-state index in [2.05, 4.69) is 15.5 Å². The molecule has 0 bridgehead atoms. The molecule has 24 heavy (non-hydrogen) atoms. The molecule has 0 aliphatic heterocycles. The van der Waals surface area contributed by atoms with Crippen molar-refractivity contribution in [2.75, 3.05) is 5.32 Å². The van der Waals surface area contributed by atoms with E-state index in [0.717, 1.165) is 28.7 Å². The Balaban J connectivity index is 1.80. The lowest BCUT2D eigenvalue weighted by Gasteiger charge is -2.09. The third kappa shape index (κ3) is 3.22. The Hall–Kier alpha value is -2.89. The van der Waals surface area contributed by atoms with Crippen molar-refractivity contribution in [3.63, 3.8) is 0 Å². The van der Waals surface area contributed by atoms with E-state index >= 15 is 0 Å². The zero-order chi connectivity index (χ0) is 17.1. The lowest BCUT2D eigenvalue weighted by atomic mass is 9.99. The first kappa shape index (κ1) is 16.0. The van der Waals surface area contributed by atoms with Crippen LogP contribution in [0.4, 0.5) is 10.4 Å². The van der Waals surface area contributed by atoms with Crippen LogP contribution in [0.15, 0.2) is 40.8 Å². The maximum absolute atomic E-state index is 13.2. The van der Waals surface area contributed by atoms with Gasteiger partial charge in [0.1, 0.15) is 11.6 Å². The molecule has 0 spiro atoms. The van der Waals surface area contributed by atoms with Gasteiger partial charge in [0.05, 0.1) is 0 Å². The highest BCUT2D eigenvalue weighted by atomic mass is 19.1. The van der Waals surface area contributed by atoms with Crippen LogP contribution in [-0.4, -0.2) is 15.3 Å². The normalized spacial score (nSPS) is 10.8. The van der Waals surface area contributed by atoms with Crippen LogP contribution in [0, 0.1) is 12.7 Å². The Morgan fingerprint density at radius 2 is 2.04 bits per heavy atom. The van der Waals surface area contributed by atoms with Crippen LogP contribution in [0.5, 0.6) is 5.75 Å². The third-order valence-electron chi connectivity index (χ3n) is 3.91. The molecule has 1 heterocycles. The van der Waals surface area contributed by atoms with Gasteiger partial charge in [-0.25, -0.2) is 4.39 Å². The number of rotatable bonds is 5. The minimum Gasteiger partial charge on any atom is -0.508 e. The summed E-state index contributed by atoms with van der Waals surface area (Å²) in [6.07, 6.45) is 0.740. The van der Waals surface area contributed by atoms with Crippen LogP contribution in [0.25, 0.3) is 11.5 Å². The summed E-state index contributed by atoms with van der Waals surface area (Å²) >= 11 is 0. The number of aromatic nitrogens is 2. The Kier molecular flexibility index (Phi) is 4.46. The topological polar surface area (TPSA) is 71.2 Å². The molecule has 0 aliphatic carbocycles. The molecule has 3 aromatic rings. The van der Waals surface area contributed by atoms with Crippen molar-refractivity contribution >= 4 is 6.01 Å². The molecule has 3 rings (SSSR count). The maximum atomic E-state index is 13.2. The van der Waals surface area contributed by atoms with Crippen molar-refractivity contribution < 1.29 is 13.9 Å². The SMILES string of the molecule is CCc1c(-c2nnc(NCc3cccc(F)c3)o2)ccc(O)c1C. The largest absolute Gasteiger partial charge is 0.508 e. The molecule has 2 aromatic carbocycles. The first-order valence-corrected chi connectivity index (χ1v) is 7.72. The van der Waals surface area contributed by atoms with E-state index in [1.807, 2.05) is 19.9 Å². The van der Waals surface area contributed by atoms with E-state index in [-0.39, 0.29) is 17.6 Å². The number of aromatic hydroxyl groups is 1. The van der Waals surface area contributed by atoms with Crippen LogP contribution < -0.4 is 5.32 Å². The van der Waals surface area contributed by atoms with E-state index in [0.29, 0.717) is 12.4 Å². The number of phenolic OH excluding ortho intramolecular Hbond substituents is 1. The lowest BCUT2D eigenvalue weighted by Crippen LogP contribution is -1.99. The Labute approximate surface area is 139 Å². The fourth-order valence-electron chi connectivity index (χ4n) is 2.63. The number of hydrogen-bond acceptors (Lipinski definition) is 5. The van der Waals surface area contributed by atoms with E-state index < -0.39 is 0 Å². The number of nitrogens with zero attached hydrogens (tertiary/aromatic N) is 2. The average molecular weight is 327 g/mol. The van der Waals surface area contributed by atoms with Crippen molar-refractivity contribution in [3.05, 3.63) is 58.9 Å². The van der Waals surface area contributed by atoms with E-state index in [9.17, 15) is 9.50 Å². The highest BCUT2D eigenvalue weighted by molar-refractivity contribution is 5.63. The number of anilines is 1. The van der Waals surface area contributed by atoms with Gasteiger partial charge in [0.2, 0.25) is 5.89 Å². The molecular weight excluding hydrogens is 309 g/mol. The van der Waals surface area contributed by atoms with Crippen molar-refractivity contribution in [2.45, 2.75) is 26.8 Å². The minimum absolute atomic E-state index is 0.250. The minimum atomic E-state index is -0.285. The summed E-state index contributed by atoms with van der Waals surface area (Å²) in [5, 5.41) is 20.9. The fraction of sp³-hybridized carbons (Fsp3) is 0.222. The second-order valence-electron chi connectivity index (χ2n) is 5.49. The first-order valence-electron chi connectivity index (χ1n) is 7.72. The molecule has 6 heteroatoms. The Bertz CT molecular complexity index is 861. The summed E-state index contributed by atoms with van der Waals surface area (Å²) in [6.45, 7) is 4.25. The van der Waals surface area contributed by atoms with Gasteiger partial charge in [-0.3, -0.25) is 0 Å². The van der Waals surface area contributed by atoms with Crippen LogP contribution >= 0.6 is 0 Å². The fourth-order valence-corrected chi connectivity index (χ4v) is 2.63. The van der Waals surface area contributed by atoms with E-state index in [1.54, 1.807) is 18.2 Å². The molecule has 0 saturated heterocycles. The number of halogens is 1. The monoisotopic (exact) mass is 327 g/mol. The summed E-state index contributed by atoms with van der Waals surface area (Å²) in [5.41, 5.74) is 3.36. The Morgan fingerprint density at radius 3 is 2.79 bits per heavy atom. The van der Waals surface area contributed by atoms with Crippen molar-refractivity contribution in [1.29, 1.82) is 0 Å². The standard InChI is InChI=1S/C18H18FN3O2/c1-3-14-11(2)16(23)8-7-15(14)17-21-22-18(24-17)20-10-12-5-4-6-13(19)9-12/h4-9,23H,3,10H2,1-2H3,(H,20,22). The van der Waals surface area contributed by atoms with Gasteiger partial charge in [-0.15, -0.1) is 5.10 Å². The van der Waals surface area contributed by atoms with Gasteiger partial charge in [0.25, 0.3) is 0 Å². The molecular formula is C18H18FN3O2. The van der Waals surface area contributed by atoms with Gasteiger partial charge >= 0.3 is 6.01 Å². The van der Waals surface area contributed by atoms with Crippen LogP contribution in [0.3, 0.4) is 0 Å².